The summed E-state index contributed by atoms with van der Waals surface area (Å²) in [4.78, 5) is 0. The van der Waals surface area contributed by atoms with Crippen LogP contribution in [0.4, 0.5) is 0 Å². The van der Waals surface area contributed by atoms with Crippen LogP contribution in [0.5, 0.6) is 11.5 Å². The molecule has 0 aliphatic heterocycles. The molecule has 3 aromatic carbocycles. The zero-order valence-corrected chi connectivity index (χ0v) is 17.7. The molecule has 0 radical (unpaired) electrons. The minimum absolute atomic E-state index is 0.674. The largest absolute Gasteiger partial charge is 0.497 e. The summed E-state index contributed by atoms with van der Waals surface area (Å²) in [7, 11) is 3.43. The van der Waals surface area contributed by atoms with E-state index in [-0.39, 0.29) is 0 Å². The highest BCUT2D eigenvalue weighted by molar-refractivity contribution is 5.68. The van der Waals surface area contributed by atoms with Crippen molar-refractivity contribution in [2.24, 2.45) is 0 Å². The Balaban J connectivity index is 1.43. The summed E-state index contributed by atoms with van der Waals surface area (Å²) in [5, 5.41) is 0. The Morgan fingerprint density at radius 2 is 1.10 bits per heavy atom. The lowest BCUT2D eigenvalue weighted by Crippen LogP contribution is -2.12. The fourth-order valence-electron chi connectivity index (χ4n) is 4.67. The van der Waals surface area contributed by atoms with Gasteiger partial charge in [0, 0.05) is 0 Å². The minimum atomic E-state index is 0.674. The number of aryl methyl sites for hydroxylation is 1. The number of rotatable bonds is 5. The van der Waals surface area contributed by atoms with Gasteiger partial charge in [0.1, 0.15) is 11.5 Å². The van der Waals surface area contributed by atoms with Gasteiger partial charge in [-0.2, -0.15) is 0 Å². The minimum Gasteiger partial charge on any atom is -0.497 e. The predicted molar refractivity (Wildman–Crippen MR) is 120 cm³/mol. The van der Waals surface area contributed by atoms with Gasteiger partial charge in [-0.1, -0.05) is 42.5 Å². The van der Waals surface area contributed by atoms with E-state index < -0.39 is 0 Å². The Bertz CT molecular complexity index is 933. The van der Waals surface area contributed by atoms with Crippen LogP contribution in [0.15, 0.2) is 66.7 Å². The van der Waals surface area contributed by atoms with Crippen molar-refractivity contribution >= 4 is 0 Å². The quantitative estimate of drug-likeness (QED) is 0.465. The molecule has 0 atom stereocenters. The molecule has 0 bridgehead atoms. The normalized spacial score (nSPS) is 19.0. The van der Waals surface area contributed by atoms with Crippen molar-refractivity contribution in [3.05, 3.63) is 83.4 Å². The average Bonchev–Trinajstić information content (AvgIpc) is 2.79. The summed E-state index contributed by atoms with van der Waals surface area (Å²) in [6, 6.07) is 24.0. The van der Waals surface area contributed by atoms with E-state index in [1.165, 1.54) is 53.5 Å². The van der Waals surface area contributed by atoms with E-state index in [9.17, 15) is 0 Å². The van der Waals surface area contributed by atoms with Gasteiger partial charge in [-0.05, 0) is 96.5 Å². The van der Waals surface area contributed by atoms with Gasteiger partial charge in [0.2, 0.25) is 0 Å². The molecule has 1 saturated carbocycles. The molecule has 1 aliphatic rings. The van der Waals surface area contributed by atoms with Crippen LogP contribution >= 0.6 is 0 Å². The van der Waals surface area contributed by atoms with Gasteiger partial charge in [-0.25, -0.2) is 0 Å². The molecule has 150 valence electrons. The zero-order valence-electron chi connectivity index (χ0n) is 17.7. The standard InChI is InChI=1S/C27H30O2/c1-19-18-24(12-17-27(19)23-10-15-26(29-3)16-11-23)22-6-4-20(5-7-22)21-8-13-25(28-2)14-9-21/h8-18,20,22H,4-7H2,1-3H3. The van der Waals surface area contributed by atoms with E-state index >= 15 is 0 Å². The monoisotopic (exact) mass is 386 g/mol. The summed E-state index contributed by atoms with van der Waals surface area (Å²) < 4.78 is 10.6. The van der Waals surface area contributed by atoms with Crippen LogP contribution in [0.3, 0.4) is 0 Å². The molecule has 0 heterocycles. The second-order valence-corrected chi connectivity index (χ2v) is 8.12. The first-order valence-corrected chi connectivity index (χ1v) is 10.6. The lowest BCUT2D eigenvalue weighted by atomic mass is 9.76. The Morgan fingerprint density at radius 3 is 1.62 bits per heavy atom. The van der Waals surface area contributed by atoms with E-state index in [0.29, 0.717) is 11.8 Å². The summed E-state index contributed by atoms with van der Waals surface area (Å²) in [6.07, 6.45) is 5.04. The topological polar surface area (TPSA) is 18.5 Å². The van der Waals surface area contributed by atoms with E-state index in [4.69, 9.17) is 9.47 Å². The fourth-order valence-corrected chi connectivity index (χ4v) is 4.67. The first kappa shape index (κ1) is 19.6. The van der Waals surface area contributed by atoms with Crippen LogP contribution in [0, 0.1) is 6.92 Å². The van der Waals surface area contributed by atoms with E-state index in [2.05, 4.69) is 61.5 Å². The van der Waals surface area contributed by atoms with Crippen molar-refractivity contribution in [1.82, 2.24) is 0 Å². The van der Waals surface area contributed by atoms with Crippen molar-refractivity contribution in [3.63, 3.8) is 0 Å². The molecule has 0 N–H and O–H groups in total. The molecule has 4 rings (SSSR count). The third kappa shape index (κ3) is 4.32. The smallest absolute Gasteiger partial charge is 0.118 e. The third-order valence-corrected chi connectivity index (χ3v) is 6.44. The molecule has 3 aromatic rings. The summed E-state index contributed by atoms with van der Waals surface area (Å²) in [5.74, 6) is 3.19. The average molecular weight is 387 g/mol. The molecule has 0 aromatic heterocycles. The second-order valence-electron chi connectivity index (χ2n) is 8.12. The van der Waals surface area contributed by atoms with Crippen LogP contribution in [0.1, 0.15) is 54.2 Å². The number of ether oxygens (including phenoxy) is 2. The molecular formula is C27H30O2. The summed E-state index contributed by atoms with van der Waals surface area (Å²) >= 11 is 0. The number of hydrogen-bond donors (Lipinski definition) is 0. The molecule has 1 fully saturated rings. The van der Waals surface area contributed by atoms with Gasteiger partial charge < -0.3 is 9.47 Å². The number of benzene rings is 3. The molecule has 0 spiro atoms. The van der Waals surface area contributed by atoms with Gasteiger partial charge in [0.05, 0.1) is 14.2 Å². The maximum atomic E-state index is 5.29. The SMILES string of the molecule is COc1ccc(-c2ccc(C3CCC(c4ccc(OC)cc4)CC3)cc2C)cc1. The molecule has 1 aliphatic carbocycles. The van der Waals surface area contributed by atoms with Crippen molar-refractivity contribution in [2.75, 3.05) is 14.2 Å². The zero-order chi connectivity index (χ0) is 20.2. The van der Waals surface area contributed by atoms with Gasteiger partial charge in [-0.3, -0.25) is 0 Å². The highest BCUT2D eigenvalue weighted by Gasteiger charge is 2.24. The van der Waals surface area contributed by atoms with Gasteiger partial charge >= 0.3 is 0 Å². The third-order valence-electron chi connectivity index (χ3n) is 6.44. The van der Waals surface area contributed by atoms with Crippen LogP contribution in [0.25, 0.3) is 11.1 Å². The Kier molecular flexibility index (Phi) is 5.89. The molecule has 2 heteroatoms. The molecular weight excluding hydrogens is 356 g/mol. The van der Waals surface area contributed by atoms with Crippen LogP contribution in [0.2, 0.25) is 0 Å². The maximum Gasteiger partial charge on any atom is 0.118 e. The molecule has 0 unspecified atom stereocenters. The van der Waals surface area contributed by atoms with Crippen molar-refractivity contribution in [1.29, 1.82) is 0 Å². The summed E-state index contributed by atoms with van der Waals surface area (Å²) in [6.45, 7) is 2.23. The lowest BCUT2D eigenvalue weighted by Gasteiger charge is -2.29. The molecule has 0 saturated heterocycles. The van der Waals surface area contributed by atoms with Gasteiger partial charge in [0.15, 0.2) is 0 Å². The van der Waals surface area contributed by atoms with Gasteiger partial charge in [-0.15, -0.1) is 0 Å². The highest BCUT2D eigenvalue weighted by Crippen LogP contribution is 2.41. The van der Waals surface area contributed by atoms with E-state index in [1.54, 1.807) is 14.2 Å². The predicted octanol–water partition coefficient (Wildman–Crippen LogP) is 7.12. The van der Waals surface area contributed by atoms with Gasteiger partial charge in [0.25, 0.3) is 0 Å². The number of methoxy groups -OCH3 is 2. The lowest BCUT2D eigenvalue weighted by molar-refractivity contribution is 0.394. The second kappa shape index (κ2) is 8.73. The summed E-state index contributed by atoms with van der Waals surface area (Å²) in [5.41, 5.74) is 6.86. The fraction of sp³-hybridized carbons (Fsp3) is 0.333. The van der Waals surface area contributed by atoms with Crippen LogP contribution < -0.4 is 9.47 Å². The van der Waals surface area contributed by atoms with E-state index in [0.717, 1.165) is 11.5 Å². The first-order valence-electron chi connectivity index (χ1n) is 10.6. The van der Waals surface area contributed by atoms with Crippen molar-refractivity contribution in [2.45, 2.75) is 44.4 Å². The molecule has 0 amide bonds. The van der Waals surface area contributed by atoms with Crippen molar-refractivity contribution in [3.8, 4) is 22.6 Å². The maximum absolute atomic E-state index is 5.29. The molecule has 29 heavy (non-hydrogen) atoms. The highest BCUT2D eigenvalue weighted by atomic mass is 16.5. The Morgan fingerprint density at radius 1 is 0.621 bits per heavy atom. The first-order chi connectivity index (χ1) is 14.2. The Labute approximate surface area is 174 Å². The van der Waals surface area contributed by atoms with E-state index in [1.807, 2.05) is 12.1 Å². The molecule has 2 nitrogen and oxygen atoms in total. The van der Waals surface area contributed by atoms with Crippen molar-refractivity contribution < 1.29 is 9.47 Å². The number of hydrogen-bond acceptors (Lipinski definition) is 2. The van der Waals surface area contributed by atoms with Crippen LogP contribution in [-0.4, -0.2) is 14.2 Å². The Hall–Kier alpha value is -2.74. The van der Waals surface area contributed by atoms with Crippen LogP contribution in [-0.2, 0) is 0 Å².